The van der Waals surface area contributed by atoms with Crippen molar-refractivity contribution in [3.63, 3.8) is 0 Å². The molecule has 0 bridgehead atoms. The molecule has 0 amide bonds. The monoisotopic (exact) mass is 243 g/mol. The molecule has 0 aliphatic heterocycles. The van der Waals surface area contributed by atoms with Gasteiger partial charge in [-0.1, -0.05) is 0 Å². The number of pyridine rings is 1. The molecule has 0 fully saturated rings. The largest absolute Gasteiger partial charge is 0.481 e. The number of carboxylic acid groups (broad SMARTS) is 1. The van der Waals surface area contributed by atoms with E-state index in [9.17, 15) is 13.2 Å². The van der Waals surface area contributed by atoms with Crippen molar-refractivity contribution < 1.29 is 18.3 Å². The van der Waals surface area contributed by atoms with Crippen LogP contribution in [0.15, 0.2) is 29.4 Å². The van der Waals surface area contributed by atoms with Gasteiger partial charge in [0.15, 0.2) is 9.84 Å². The Kier molecular flexibility index (Phi) is 3.32. The zero-order valence-electron chi connectivity index (χ0n) is 9.04. The SMILES string of the molecule is CC(C)(CS(=O)(=O)c1cccnc1)C(=O)O. The van der Waals surface area contributed by atoms with E-state index in [-0.39, 0.29) is 4.90 Å². The first-order chi connectivity index (χ1) is 7.26. The summed E-state index contributed by atoms with van der Waals surface area (Å²) in [5.41, 5.74) is -1.31. The van der Waals surface area contributed by atoms with Crippen LogP contribution in [-0.2, 0) is 14.6 Å². The Morgan fingerprint density at radius 1 is 1.50 bits per heavy atom. The lowest BCUT2D eigenvalue weighted by molar-refractivity contribution is -0.145. The minimum atomic E-state index is -3.61. The molecule has 0 spiro atoms. The molecular formula is C10H13NO4S. The van der Waals surface area contributed by atoms with Crippen molar-refractivity contribution in [2.75, 3.05) is 5.75 Å². The van der Waals surface area contributed by atoms with Crippen molar-refractivity contribution in [2.45, 2.75) is 18.7 Å². The molecule has 0 aromatic carbocycles. The van der Waals surface area contributed by atoms with Crippen molar-refractivity contribution in [3.05, 3.63) is 24.5 Å². The predicted molar refractivity (Wildman–Crippen MR) is 57.7 cm³/mol. The van der Waals surface area contributed by atoms with Gasteiger partial charge in [-0.3, -0.25) is 9.78 Å². The highest BCUT2D eigenvalue weighted by molar-refractivity contribution is 7.91. The maximum Gasteiger partial charge on any atom is 0.310 e. The summed E-state index contributed by atoms with van der Waals surface area (Å²) in [7, 11) is -3.61. The van der Waals surface area contributed by atoms with E-state index in [2.05, 4.69) is 4.98 Å². The molecule has 0 saturated carbocycles. The molecule has 0 aliphatic rings. The molecule has 0 aliphatic carbocycles. The maximum absolute atomic E-state index is 11.8. The average Bonchev–Trinajstić information content (AvgIpc) is 2.17. The molecule has 1 aromatic rings. The summed E-state index contributed by atoms with van der Waals surface area (Å²) in [4.78, 5) is 14.6. The highest BCUT2D eigenvalue weighted by atomic mass is 32.2. The van der Waals surface area contributed by atoms with Crippen molar-refractivity contribution >= 4 is 15.8 Å². The van der Waals surface area contributed by atoms with E-state index < -0.39 is 27.0 Å². The molecule has 0 radical (unpaired) electrons. The van der Waals surface area contributed by atoms with Crippen molar-refractivity contribution in [2.24, 2.45) is 5.41 Å². The second-order valence-corrected chi connectivity index (χ2v) is 6.13. The fourth-order valence-electron chi connectivity index (χ4n) is 1.15. The summed E-state index contributed by atoms with van der Waals surface area (Å²) in [6.07, 6.45) is 2.68. The van der Waals surface area contributed by atoms with Gasteiger partial charge in [0.2, 0.25) is 0 Å². The summed E-state index contributed by atoms with van der Waals surface area (Å²) in [5, 5.41) is 8.87. The molecule has 1 aromatic heterocycles. The van der Waals surface area contributed by atoms with E-state index in [1.807, 2.05) is 0 Å². The molecule has 0 saturated heterocycles. The van der Waals surface area contributed by atoms with E-state index in [1.54, 1.807) is 0 Å². The molecule has 1 heterocycles. The first kappa shape index (κ1) is 12.6. The van der Waals surface area contributed by atoms with Gasteiger partial charge in [-0.25, -0.2) is 8.42 Å². The summed E-state index contributed by atoms with van der Waals surface area (Å²) in [6.45, 7) is 2.76. The Morgan fingerprint density at radius 3 is 2.56 bits per heavy atom. The van der Waals surface area contributed by atoms with Gasteiger partial charge in [0.25, 0.3) is 0 Å². The van der Waals surface area contributed by atoms with Gasteiger partial charge in [-0.05, 0) is 26.0 Å². The van der Waals surface area contributed by atoms with Gasteiger partial charge in [0.1, 0.15) is 0 Å². The van der Waals surface area contributed by atoms with Crippen LogP contribution in [0, 0.1) is 5.41 Å². The Bertz CT molecular complexity index is 479. The van der Waals surface area contributed by atoms with Crippen LogP contribution < -0.4 is 0 Å². The quantitative estimate of drug-likeness (QED) is 0.851. The number of sulfone groups is 1. The van der Waals surface area contributed by atoms with Crippen LogP contribution in [0.4, 0.5) is 0 Å². The highest BCUT2D eigenvalue weighted by Gasteiger charge is 2.34. The molecule has 6 heteroatoms. The number of aliphatic carboxylic acids is 1. The van der Waals surface area contributed by atoms with Crippen LogP contribution in [0.1, 0.15) is 13.8 Å². The third-order valence-electron chi connectivity index (χ3n) is 2.12. The second-order valence-electron chi connectivity index (χ2n) is 4.14. The highest BCUT2D eigenvalue weighted by Crippen LogP contribution is 2.22. The van der Waals surface area contributed by atoms with Gasteiger partial charge < -0.3 is 5.11 Å². The lowest BCUT2D eigenvalue weighted by Gasteiger charge is -2.18. The first-order valence-corrected chi connectivity index (χ1v) is 6.27. The predicted octanol–water partition coefficient (Wildman–Crippen LogP) is 0.966. The Hall–Kier alpha value is -1.43. The molecule has 16 heavy (non-hydrogen) atoms. The van der Waals surface area contributed by atoms with Crippen LogP contribution in [-0.4, -0.2) is 30.2 Å². The number of carboxylic acids is 1. The molecule has 1 N–H and O–H groups in total. The van der Waals surface area contributed by atoms with E-state index >= 15 is 0 Å². The van der Waals surface area contributed by atoms with Gasteiger partial charge in [0, 0.05) is 12.4 Å². The minimum absolute atomic E-state index is 0.0457. The zero-order chi connectivity index (χ0) is 12.4. The average molecular weight is 243 g/mol. The summed E-state index contributed by atoms with van der Waals surface area (Å²) >= 11 is 0. The van der Waals surface area contributed by atoms with Gasteiger partial charge in [-0.2, -0.15) is 0 Å². The smallest absolute Gasteiger partial charge is 0.310 e. The van der Waals surface area contributed by atoms with Gasteiger partial charge >= 0.3 is 5.97 Å². The fourth-order valence-corrected chi connectivity index (χ4v) is 2.90. The van der Waals surface area contributed by atoms with Crippen molar-refractivity contribution in [1.29, 1.82) is 0 Å². The van der Waals surface area contributed by atoms with E-state index in [4.69, 9.17) is 5.11 Å². The standard InChI is InChI=1S/C10H13NO4S/c1-10(2,9(12)13)7-16(14,15)8-4-3-5-11-6-8/h3-6H,7H2,1-2H3,(H,12,13). The third kappa shape index (κ3) is 2.79. The van der Waals surface area contributed by atoms with Crippen LogP contribution >= 0.6 is 0 Å². The Balaban J connectivity index is 3.03. The van der Waals surface area contributed by atoms with Crippen LogP contribution in [0.5, 0.6) is 0 Å². The Labute approximate surface area is 94.1 Å². The normalized spacial score (nSPS) is 12.4. The Morgan fingerprint density at radius 2 is 2.12 bits per heavy atom. The number of rotatable bonds is 4. The van der Waals surface area contributed by atoms with E-state index in [0.717, 1.165) is 0 Å². The molecule has 0 atom stereocenters. The number of carbonyl (C=O) groups is 1. The topological polar surface area (TPSA) is 84.3 Å². The van der Waals surface area contributed by atoms with Gasteiger partial charge in [-0.15, -0.1) is 0 Å². The summed E-state index contributed by atoms with van der Waals surface area (Å²) < 4.78 is 23.7. The number of nitrogens with zero attached hydrogens (tertiary/aromatic N) is 1. The maximum atomic E-state index is 11.8. The fraction of sp³-hybridized carbons (Fsp3) is 0.400. The third-order valence-corrected chi connectivity index (χ3v) is 4.18. The molecule has 0 unspecified atom stereocenters. The minimum Gasteiger partial charge on any atom is -0.481 e. The lowest BCUT2D eigenvalue weighted by atomic mass is 9.97. The van der Waals surface area contributed by atoms with E-state index in [1.165, 1.54) is 38.4 Å². The lowest BCUT2D eigenvalue weighted by Crippen LogP contribution is -2.32. The van der Waals surface area contributed by atoms with Crippen molar-refractivity contribution in [3.8, 4) is 0 Å². The second kappa shape index (κ2) is 4.21. The van der Waals surface area contributed by atoms with Crippen LogP contribution in [0.25, 0.3) is 0 Å². The summed E-state index contributed by atoms with van der Waals surface area (Å²) in [5.74, 6) is -1.58. The van der Waals surface area contributed by atoms with Gasteiger partial charge in [0.05, 0.1) is 16.1 Å². The molecule has 88 valence electrons. The zero-order valence-corrected chi connectivity index (χ0v) is 9.86. The number of aromatic nitrogens is 1. The summed E-state index contributed by atoms with van der Waals surface area (Å²) in [6, 6.07) is 2.90. The van der Waals surface area contributed by atoms with E-state index in [0.29, 0.717) is 0 Å². The number of hydrogen-bond donors (Lipinski definition) is 1. The molecule has 1 rings (SSSR count). The van der Waals surface area contributed by atoms with Crippen LogP contribution in [0.3, 0.4) is 0 Å². The van der Waals surface area contributed by atoms with Crippen LogP contribution in [0.2, 0.25) is 0 Å². The molecular weight excluding hydrogens is 230 g/mol. The number of hydrogen-bond acceptors (Lipinski definition) is 4. The van der Waals surface area contributed by atoms with Crippen molar-refractivity contribution in [1.82, 2.24) is 4.98 Å². The molecule has 5 nitrogen and oxygen atoms in total. The first-order valence-electron chi connectivity index (χ1n) is 4.62.